The third-order valence-corrected chi connectivity index (χ3v) is 3.95. The SMILES string of the molecule is CC(C)CC(N)C(=O)NC(CC(C)C)C(=O)NC(CO)C(=O)NC(C)C(=O)O. The molecule has 0 aliphatic heterocycles. The summed E-state index contributed by atoms with van der Waals surface area (Å²) in [5, 5.41) is 25.4. The molecule has 0 aromatic heterocycles. The molecule has 0 aliphatic rings. The third-order valence-electron chi connectivity index (χ3n) is 3.95. The predicted octanol–water partition coefficient (Wildman–Crippen LogP) is -1.04. The Labute approximate surface area is 165 Å². The number of hydrogen-bond acceptors (Lipinski definition) is 6. The van der Waals surface area contributed by atoms with E-state index in [1.807, 2.05) is 27.7 Å². The summed E-state index contributed by atoms with van der Waals surface area (Å²) in [6.45, 7) is 8.12. The first-order valence-electron chi connectivity index (χ1n) is 9.39. The van der Waals surface area contributed by atoms with Gasteiger partial charge in [0.25, 0.3) is 0 Å². The van der Waals surface area contributed by atoms with E-state index in [0.29, 0.717) is 12.8 Å². The number of aliphatic hydroxyl groups excluding tert-OH is 1. The molecule has 4 atom stereocenters. The number of aliphatic carboxylic acids is 1. The summed E-state index contributed by atoms with van der Waals surface area (Å²) in [5.41, 5.74) is 5.85. The van der Waals surface area contributed by atoms with E-state index in [1.54, 1.807) is 0 Å². The fourth-order valence-electron chi connectivity index (χ4n) is 2.44. The molecule has 28 heavy (non-hydrogen) atoms. The maximum absolute atomic E-state index is 12.6. The molecule has 0 radical (unpaired) electrons. The minimum Gasteiger partial charge on any atom is -0.480 e. The van der Waals surface area contributed by atoms with Gasteiger partial charge in [0.15, 0.2) is 0 Å². The smallest absolute Gasteiger partial charge is 0.325 e. The zero-order chi connectivity index (χ0) is 22.0. The van der Waals surface area contributed by atoms with Gasteiger partial charge in [-0.15, -0.1) is 0 Å². The molecule has 162 valence electrons. The van der Waals surface area contributed by atoms with E-state index in [-0.39, 0.29) is 11.8 Å². The van der Waals surface area contributed by atoms with Crippen LogP contribution >= 0.6 is 0 Å². The van der Waals surface area contributed by atoms with Crippen molar-refractivity contribution >= 4 is 23.7 Å². The molecule has 0 aromatic carbocycles. The Morgan fingerprint density at radius 1 is 0.786 bits per heavy atom. The largest absolute Gasteiger partial charge is 0.480 e. The second-order valence-electron chi connectivity index (χ2n) is 7.74. The highest BCUT2D eigenvalue weighted by molar-refractivity contribution is 5.94. The van der Waals surface area contributed by atoms with Gasteiger partial charge in [0.2, 0.25) is 17.7 Å². The number of rotatable bonds is 12. The van der Waals surface area contributed by atoms with Crippen LogP contribution in [-0.2, 0) is 19.2 Å². The molecule has 0 aromatic rings. The lowest BCUT2D eigenvalue weighted by molar-refractivity contribution is -0.142. The van der Waals surface area contributed by atoms with Crippen LogP contribution in [0.3, 0.4) is 0 Å². The lowest BCUT2D eigenvalue weighted by atomic mass is 10.0. The van der Waals surface area contributed by atoms with E-state index >= 15 is 0 Å². The second kappa shape index (κ2) is 12.3. The summed E-state index contributed by atoms with van der Waals surface area (Å²) in [6, 6.07) is -4.23. The number of aliphatic hydroxyl groups is 1. The summed E-state index contributed by atoms with van der Waals surface area (Å²) < 4.78 is 0. The first-order valence-corrected chi connectivity index (χ1v) is 9.39. The lowest BCUT2D eigenvalue weighted by Crippen LogP contribution is -2.58. The van der Waals surface area contributed by atoms with Crippen LogP contribution < -0.4 is 21.7 Å². The van der Waals surface area contributed by atoms with Crippen molar-refractivity contribution in [3.05, 3.63) is 0 Å². The van der Waals surface area contributed by atoms with Crippen molar-refractivity contribution in [1.82, 2.24) is 16.0 Å². The number of nitrogens with one attached hydrogen (secondary N) is 3. The van der Waals surface area contributed by atoms with Crippen LogP contribution in [0.5, 0.6) is 0 Å². The monoisotopic (exact) mass is 402 g/mol. The first-order chi connectivity index (χ1) is 12.9. The summed E-state index contributed by atoms with van der Waals surface area (Å²) >= 11 is 0. The van der Waals surface area contributed by atoms with Crippen molar-refractivity contribution in [1.29, 1.82) is 0 Å². The average molecular weight is 402 g/mol. The summed E-state index contributed by atoms with van der Waals surface area (Å²) in [6.07, 6.45) is 0.758. The number of carbonyl (C=O) groups excluding carboxylic acids is 3. The molecule has 0 saturated carbocycles. The normalized spacial score (nSPS) is 15.5. The standard InChI is InChI=1S/C18H34N4O6/c1-9(2)6-12(19)15(24)21-13(7-10(3)4)16(25)22-14(8-23)17(26)20-11(5)18(27)28/h9-14,23H,6-8,19H2,1-5H3,(H,20,26)(H,21,24)(H,22,25)(H,27,28). The van der Waals surface area contributed by atoms with Gasteiger partial charge in [-0.2, -0.15) is 0 Å². The van der Waals surface area contributed by atoms with Gasteiger partial charge >= 0.3 is 5.97 Å². The van der Waals surface area contributed by atoms with Gasteiger partial charge in [-0.3, -0.25) is 19.2 Å². The van der Waals surface area contributed by atoms with Crippen molar-refractivity contribution in [2.24, 2.45) is 17.6 Å². The zero-order valence-corrected chi connectivity index (χ0v) is 17.2. The van der Waals surface area contributed by atoms with Gasteiger partial charge in [-0.25, -0.2) is 0 Å². The molecule has 0 spiro atoms. The Morgan fingerprint density at radius 2 is 1.25 bits per heavy atom. The Bertz CT molecular complexity index is 552. The van der Waals surface area contributed by atoms with Gasteiger partial charge in [0.1, 0.15) is 18.1 Å². The van der Waals surface area contributed by atoms with Crippen LogP contribution in [0.4, 0.5) is 0 Å². The molecule has 10 nitrogen and oxygen atoms in total. The van der Waals surface area contributed by atoms with Crippen molar-refractivity contribution in [2.45, 2.75) is 71.6 Å². The molecular weight excluding hydrogens is 368 g/mol. The fourth-order valence-corrected chi connectivity index (χ4v) is 2.44. The quantitative estimate of drug-likeness (QED) is 0.242. The number of nitrogens with two attached hydrogens (primary N) is 1. The maximum atomic E-state index is 12.6. The van der Waals surface area contributed by atoms with Crippen LogP contribution in [0.2, 0.25) is 0 Å². The minimum absolute atomic E-state index is 0.0609. The Balaban J connectivity index is 5.09. The van der Waals surface area contributed by atoms with Crippen molar-refractivity contribution < 1.29 is 29.4 Å². The van der Waals surface area contributed by atoms with E-state index in [4.69, 9.17) is 10.8 Å². The minimum atomic E-state index is -1.34. The number of carboxylic acid groups (broad SMARTS) is 1. The molecule has 4 unspecified atom stereocenters. The topological polar surface area (TPSA) is 171 Å². The van der Waals surface area contributed by atoms with Gasteiger partial charge in [0, 0.05) is 0 Å². The lowest BCUT2D eigenvalue weighted by Gasteiger charge is -2.25. The highest BCUT2D eigenvalue weighted by Crippen LogP contribution is 2.08. The Hall–Kier alpha value is -2.20. The highest BCUT2D eigenvalue weighted by atomic mass is 16.4. The molecule has 0 bridgehead atoms. The molecule has 0 saturated heterocycles. The number of hydrogen-bond donors (Lipinski definition) is 6. The van der Waals surface area contributed by atoms with Crippen LogP contribution in [0.25, 0.3) is 0 Å². The summed E-state index contributed by atoms with van der Waals surface area (Å²) in [5.74, 6) is -2.95. The van der Waals surface area contributed by atoms with Gasteiger partial charge in [0.05, 0.1) is 12.6 Å². The number of amides is 3. The molecule has 0 aliphatic carbocycles. The van der Waals surface area contributed by atoms with Crippen LogP contribution in [0.15, 0.2) is 0 Å². The average Bonchev–Trinajstić information content (AvgIpc) is 2.57. The maximum Gasteiger partial charge on any atom is 0.325 e. The molecule has 7 N–H and O–H groups in total. The number of carbonyl (C=O) groups is 4. The second-order valence-corrected chi connectivity index (χ2v) is 7.74. The van der Waals surface area contributed by atoms with E-state index in [2.05, 4.69) is 16.0 Å². The molecule has 3 amide bonds. The summed E-state index contributed by atoms with van der Waals surface area (Å²) in [4.78, 5) is 47.8. The first kappa shape index (κ1) is 25.8. The van der Waals surface area contributed by atoms with E-state index in [9.17, 15) is 24.3 Å². The van der Waals surface area contributed by atoms with Gasteiger partial charge < -0.3 is 31.9 Å². The van der Waals surface area contributed by atoms with Gasteiger partial charge in [-0.1, -0.05) is 27.7 Å². The summed E-state index contributed by atoms with van der Waals surface area (Å²) in [7, 11) is 0. The fraction of sp³-hybridized carbons (Fsp3) is 0.778. The van der Waals surface area contributed by atoms with Crippen molar-refractivity contribution in [2.75, 3.05) is 6.61 Å². The molecule has 10 heteroatoms. The van der Waals surface area contributed by atoms with E-state index in [1.165, 1.54) is 6.92 Å². The van der Waals surface area contributed by atoms with Crippen molar-refractivity contribution in [3.63, 3.8) is 0 Å². The molecule has 0 fully saturated rings. The zero-order valence-electron chi connectivity index (χ0n) is 17.2. The van der Waals surface area contributed by atoms with Gasteiger partial charge in [-0.05, 0) is 31.6 Å². The number of carboxylic acids is 1. The predicted molar refractivity (Wildman–Crippen MR) is 103 cm³/mol. The van der Waals surface area contributed by atoms with Crippen LogP contribution in [-0.4, -0.2) is 64.7 Å². The van der Waals surface area contributed by atoms with E-state index in [0.717, 1.165) is 0 Å². The highest BCUT2D eigenvalue weighted by Gasteiger charge is 2.29. The molecule has 0 rings (SSSR count). The molecule has 0 heterocycles. The van der Waals surface area contributed by atoms with E-state index < -0.39 is 54.5 Å². The third kappa shape index (κ3) is 9.65. The Morgan fingerprint density at radius 3 is 1.68 bits per heavy atom. The van der Waals surface area contributed by atoms with Crippen LogP contribution in [0, 0.1) is 11.8 Å². The molecular formula is C18H34N4O6. The Kier molecular flexibility index (Phi) is 11.3. The van der Waals surface area contributed by atoms with Crippen LogP contribution in [0.1, 0.15) is 47.5 Å². The van der Waals surface area contributed by atoms with Crippen molar-refractivity contribution in [3.8, 4) is 0 Å².